The van der Waals surface area contributed by atoms with E-state index < -0.39 is 12.7 Å². The van der Waals surface area contributed by atoms with E-state index in [9.17, 15) is 14.7 Å². The normalized spacial score (nSPS) is 13.6. The lowest BCUT2D eigenvalue weighted by atomic mass is 10.3. The fraction of sp³-hybridized carbons (Fsp3) is 0.500. The quantitative estimate of drug-likeness (QED) is 0.283. The molecule has 0 N–H and O–H groups in total. The molecule has 1 rings (SSSR count). The second-order valence-corrected chi connectivity index (χ2v) is 5.56. The van der Waals surface area contributed by atoms with Gasteiger partial charge in [0.15, 0.2) is 0 Å². The molecule has 0 aliphatic carbocycles. The zero-order valence-corrected chi connectivity index (χ0v) is 12.8. The van der Waals surface area contributed by atoms with E-state index in [4.69, 9.17) is 18.3 Å². The molecule has 0 radical (unpaired) electrons. The Morgan fingerprint density at radius 3 is 2.43 bits per heavy atom. The number of non-ortho nitro benzene ring substituents is 1. The summed E-state index contributed by atoms with van der Waals surface area (Å²) in [6.07, 6.45) is 0.546. The number of benzene rings is 1. The minimum atomic E-state index is -3.74. The van der Waals surface area contributed by atoms with E-state index in [1.165, 1.54) is 31.4 Å². The highest BCUT2D eigenvalue weighted by Gasteiger charge is 2.26. The van der Waals surface area contributed by atoms with Crippen LogP contribution in [0.15, 0.2) is 24.3 Å². The van der Waals surface area contributed by atoms with Crippen molar-refractivity contribution in [2.75, 3.05) is 26.9 Å². The van der Waals surface area contributed by atoms with Crippen molar-refractivity contribution in [2.24, 2.45) is 0 Å². The van der Waals surface area contributed by atoms with Gasteiger partial charge in [0.2, 0.25) is 0 Å². The van der Waals surface area contributed by atoms with Crippen LogP contribution >= 0.6 is 7.82 Å². The van der Waals surface area contributed by atoms with E-state index in [-0.39, 0.29) is 18.0 Å². The Morgan fingerprint density at radius 1 is 1.24 bits per heavy atom. The number of hydrogen-bond donors (Lipinski definition) is 0. The van der Waals surface area contributed by atoms with E-state index in [1.807, 2.05) is 6.92 Å². The summed E-state index contributed by atoms with van der Waals surface area (Å²) >= 11 is 0. The molecular weight excluding hydrogens is 301 g/mol. The molecule has 0 aliphatic heterocycles. The zero-order chi connectivity index (χ0) is 15.7. The molecule has 0 aliphatic rings. The van der Waals surface area contributed by atoms with Crippen molar-refractivity contribution in [1.29, 1.82) is 0 Å². The zero-order valence-electron chi connectivity index (χ0n) is 11.9. The maximum absolute atomic E-state index is 12.2. The van der Waals surface area contributed by atoms with Gasteiger partial charge in [-0.15, -0.1) is 0 Å². The fourth-order valence-electron chi connectivity index (χ4n) is 1.36. The number of hydrogen-bond acceptors (Lipinski definition) is 7. The summed E-state index contributed by atoms with van der Waals surface area (Å²) in [6, 6.07) is 5.13. The molecule has 1 unspecified atom stereocenters. The standard InChI is InChI=1S/C12H18NO7P/c1-3-18-9-4-10-19-21(16,17-2)20-12-7-5-11(6-8-12)13(14)15/h5-8H,3-4,9-10H2,1-2H3. The van der Waals surface area contributed by atoms with Gasteiger partial charge in [0.25, 0.3) is 5.69 Å². The summed E-state index contributed by atoms with van der Waals surface area (Å²) < 4.78 is 32.3. The molecular formula is C12H18NO7P. The number of nitrogens with zero attached hydrogens (tertiary/aromatic N) is 1. The Hall–Kier alpha value is -1.47. The third-order valence-electron chi connectivity index (χ3n) is 2.37. The molecule has 0 spiro atoms. The number of nitro groups is 1. The number of ether oxygens (including phenoxy) is 1. The van der Waals surface area contributed by atoms with Crippen molar-refractivity contribution in [3.8, 4) is 5.75 Å². The Morgan fingerprint density at radius 2 is 1.90 bits per heavy atom. The van der Waals surface area contributed by atoms with Gasteiger partial charge in [-0.1, -0.05) is 0 Å². The van der Waals surface area contributed by atoms with Crippen molar-refractivity contribution in [3.63, 3.8) is 0 Å². The van der Waals surface area contributed by atoms with Gasteiger partial charge in [0.1, 0.15) is 5.75 Å². The predicted molar refractivity (Wildman–Crippen MR) is 75.4 cm³/mol. The Labute approximate surface area is 122 Å². The van der Waals surface area contributed by atoms with Crippen LogP contribution in [-0.2, 0) is 18.3 Å². The maximum atomic E-state index is 12.2. The van der Waals surface area contributed by atoms with Crippen LogP contribution in [0, 0.1) is 10.1 Å². The van der Waals surface area contributed by atoms with Crippen LogP contribution in [0.2, 0.25) is 0 Å². The Balaban J connectivity index is 2.55. The highest BCUT2D eigenvalue weighted by atomic mass is 31.2. The first-order chi connectivity index (χ1) is 10.0. The van der Waals surface area contributed by atoms with Crippen LogP contribution in [0.25, 0.3) is 0 Å². The van der Waals surface area contributed by atoms with E-state index in [2.05, 4.69) is 0 Å². The largest absolute Gasteiger partial charge is 0.529 e. The first kappa shape index (κ1) is 17.6. The van der Waals surface area contributed by atoms with Gasteiger partial charge in [-0.05, 0) is 25.5 Å². The van der Waals surface area contributed by atoms with Gasteiger partial charge in [-0.2, -0.15) is 0 Å². The molecule has 0 heterocycles. The van der Waals surface area contributed by atoms with Crippen LogP contribution < -0.4 is 4.52 Å². The molecule has 1 aromatic carbocycles. The van der Waals surface area contributed by atoms with E-state index in [0.717, 1.165) is 0 Å². The van der Waals surface area contributed by atoms with Gasteiger partial charge < -0.3 is 9.26 Å². The number of phosphoric acid groups is 1. The first-order valence-corrected chi connectivity index (χ1v) is 7.79. The van der Waals surface area contributed by atoms with Crippen LogP contribution in [0.1, 0.15) is 13.3 Å². The molecule has 1 aromatic rings. The highest BCUT2D eigenvalue weighted by Crippen LogP contribution is 2.48. The molecule has 0 fully saturated rings. The average molecular weight is 319 g/mol. The van der Waals surface area contributed by atoms with Crippen LogP contribution in [0.5, 0.6) is 5.75 Å². The lowest BCUT2D eigenvalue weighted by Gasteiger charge is -2.16. The average Bonchev–Trinajstić information content (AvgIpc) is 2.47. The lowest BCUT2D eigenvalue weighted by Crippen LogP contribution is -2.04. The third-order valence-corrected chi connectivity index (χ3v) is 3.76. The topological polar surface area (TPSA) is 97.1 Å². The van der Waals surface area contributed by atoms with E-state index >= 15 is 0 Å². The number of rotatable bonds is 10. The predicted octanol–water partition coefficient (Wildman–Crippen LogP) is 3.17. The summed E-state index contributed by atoms with van der Waals surface area (Å²) in [4.78, 5) is 9.99. The molecule has 21 heavy (non-hydrogen) atoms. The van der Waals surface area contributed by atoms with Gasteiger partial charge in [0.05, 0.1) is 11.5 Å². The maximum Gasteiger partial charge on any atom is 0.529 e. The molecule has 1 atom stereocenters. The molecule has 0 saturated carbocycles. The van der Waals surface area contributed by atoms with Gasteiger partial charge in [0, 0.05) is 32.5 Å². The van der Waals surface area contributed by atoms with Crippen molar-refractivity contribution in [1.82, 2.24) is 0 Å². The van der Waals surface area contributed by atoms with Gasteiger partial charge in [-0.3, -0.25) is 19.2 Å². The van der Waals surface area contributed by atoms with Gasteiger partial charge >= 0.3 is 7.82 Å². The Kier molecular flexibility index (Phi) is 7.31. The fourth-order valence-corrected chi connectivity index (χ4v) is 2.32. The molecule has 9 heteroatoms. The van der Waals surface area contributed by atoms with Crippen molar-refractivity contribution in [2.45, 2.75) is 13.3 Å². The van der Waals surface area contributed by atoms with Gasteiger partial charge in [-0.25, -0.2) is 4.57 Å². The summed E-state index contributed by atoms with van der Waals surface area (Å²) in [6.45, 7) is 3.11. The van der Waals surface area contributed by atoms with Crippen molar-refractivity contribution < 1.29 is 27.8 Å². The smallest absolute Gasteiger partial charge is 0.404 e. The second kappa shape index (κ2) is 8.74. The molecule has 0 amide bonds. The monoisotopic (exact) mass is 319 g/mol. The van der Waals surface area contributed by atoms with Crippen LogP contribution in [0.4, 0.5) is 5.69 Å². The third kappa shape index (κ3) is 6.22. The number of phosphoric ester groups is 1. The minimum absolute atomic E-state index is 0.0905. The van der Waals surface area contributed by atoms with E-state index in [1.54, 1.807) is 0 Å². The van der Waals surface area contributed by atoms with Crippen LogP contribution in [-0.4, -0.2) is 31.9 Å². The first-order valence-electron chi connectivity index (χ1n) is 6.33. The summed E-state index contributed by atoms with van der Waals surface area (Å²) in [5, 5.41) is 10.5. The van der Waals surface area contributed by atoms with Crippen molar-refractivity contribution >= 4 is 13.5 Å². The van der Waals surface area contributed by atoms with Crippen LogP contribution in [0.3, 0.4) is 0 Å². The summed E-state index contributed by atoms with van der Waals surface area (Å²) in [7, 11) is -2.53. The molecule has 118 valence electrons. The summed E-state index contributed by atoms with van der Waals surface area (Å²) in [5.74, 6) is 0.163. The van der Waals surface area contributed by atoms with E-state index in [0.29, 0.717) is 19.6 Å². The number of nitro benzene ring substituents is 1. The SMILES string of the molecule is CCOCCCOP(=O)(OC)Oc1ccc([N+](=O)[O-])cc1. The highest BCUT2D eigenvalue weighted by molar-refractivity contribution is 7.48. The second-order valence-electron chi connectivity index (χ2n) is 3.86. The minimum Gasteiger partial charge on any atom is -0.404 e. The van der Waals surface area contributed by atoms with Crippen molar-refractivity contribution in [3.05, 3.63) is 34.4 Å². The molecule has 0 bridgehead atoms. The molecule has 0 saturated heterocycles. The molecule has 0 aromatic heterocycles. The lowest BCUT2D eigenvalue weighted by molar-refractivity contribution is -0.384. The Bertz CT molecular complexity index is 491. The molecule has 8 nitrogen and oxygen atoms in total. The summed E-state index contributed by atoms with van der Waals surface area (Å²) in [5.41, 5.74) is -0.0905.